The van der Waals surface area contributed by atoms with Crippen molar-refractivity contribution >= 4 is 17.5 Å². The molecule has 0 aromatic carbocycles. The Morgan fingerprint density at radius 2 is 2.00 bits per heavy atom. The lowest BCUT2D eigenvalue weighted by atomic mass is 9.95. The predicted molar refractivity (Wildman–Crippen MR) is 79.7 cm³/mol. The van der Waals surface area contributed by atoms with E-state index in [0.29, 0.717) is 5.92 Å². The van der Waals surface area contributed by atoms with Gasteiger partial charge in [0.25, 0.3) is 5.91 Å². The van der Waals surface area contributed by atoms with Crippen LogP contribution in [-0.2, 0) is 9.59 Å². The number of carbonyl (C=O) groups is 2. The summed E-state index contributed by atoms with van der Waals surface area (Å²) in [5.74, 6) is 0.302. The highest BCUT2D eigenvalue weighted by Crippen LogP contribution is 2.37. The molecule has 1 aliphatic carbocycles. The topological polar surface area (TPSA) is 62.3 Å². The van der Waals surface area contributed by atoms with Crippen molar-refractivity contribution in [3.8, 4) is 0 Å². The number of aromatic nitrogens is 1. The summed E-state index contributed by atoms with van der Waals surface area (Å²) in [6, 6.07) is 1.09. The normalized spacial score (nSPS) is 26.2. The van der Waals surface area contributed by atoms with Crippen LogP contribution in [0.25, 0.3) is 0 Å². The molecule has 0 bridgehead atoms. The van der Waals surface area contributed by atoms with Crippen molar-refractivity contribution in [3.63, 3.8) is 0 Å². The van der Waals surface area contributed by atoms with Crippen LogP contribution in [-0.4, -0.2) is 28.9 Å². The predicted octanol–water partition coefficient (Wildman–Crippen LogP) is 1.66. The highest BCUT2D eigenvalue weighted by Gasteiger charge is 2.48. The number of pyridine rings is 1. The second-order valence-corrected chi connectivity index (χ2v) is 6.44. The number of anilines is 1. The van der Waals surface area contributed by atoms with E-state index in [1.807, 2.05) is 26.8 Å². The van der Waals surface area contributed by atoms with Crippen molar-refractivity contribution < 1.29 is 9.59 Å². The Morgan fingerprint density at radius 3 is 2.57 bits per heavy atom. The number of piperazine rings is 1. The van der Waals surface area contributed by atoms with E-state index in [1.54, 1.807) is 17.3 Å². The van der Waals surface area contributed by atoms with Gasteiger partial charge in [0.05, 0.1) is 11.9 Å². The number of amides is 2. The Morgan fingerprint density at radius 1 is 1.29 bits per heavy atom. The molecular formula is C16H21N3O2. The average Bonchev–Trinajstić information content (AvgIpc) is 3.24. The standard InChI is InChI=1S/C16H21N3O2/c1-9(2)14-15(20)18-13(11-4-5-11)16(21)19(14)12-6-10(3)7-17-8-12/h6-9,11,13-14H,4-5H2,1-3H3,(H,18,20). The fourth-order valence-electron chi connectivity index (χ4n) is 3.01. The molecule has 0 radical (unpaired) electrons. The van der Waals surface area contributed by atoms with Crippen LogP contribution in [0.3, 0.4) is 0 Å². The van der Waals surface area contributed by atoms with Crippen LogP contribution in [0.2, 0.25) is 0 Å². The van der Waals surface area contributed by atoms with E-state index in [9.17, 15) is 9.59 Å². The molecule has 1 aromatic heterocycles. The SMILES string of the molecule is Cc1cncc(N2C(=O)C(C3CC3)NC(=O)C2C(C)C)c1. The zero-order valence-electron chi connectivity index (χ0n) is 12.7. The molecule has 21 heavy (non-hydrogen) atoms. The molecule has 2 atom stereocenters. The molecule has 2 heterocycles. The molecule has 2 fully saturated rings. The van der Waals surface area contributed by atoms with E-state index >= 15 is 0 Å². The molecule has 2 aliphatic rings. The molecule has 1 saturated heterocycles. The number of carbonyl (C=O) groups excluding carboxylic acids is 2. The Balaban J connectivity index is 2.01. The third-order valence-electron chi connectivity index (χ3n) is 4.21. The quantitative estimate of drug-likeness (QED) is 0.919. The van der Waals surface area contributed by atoms with Gasteiger partial charge in [0.1, 0.15) is 12.1 Å². The number of rotatable bonds is 3. The maximum absolute atomic E-state index is 12.9. The molecule has 112 valence electrons. The van der Waals surface area contributed by atoms with Crippen LogP contribution in [0.4, 0.5) is 5.69 Å². The van der Waals surface area contributed by atoms with E-state index in [4.69, 9.17) is 0 Å². The summed E-state index contributed by atoms with van der Waals surface area (Å²) in [4.78, 5) is 31.2. The van der Waals surface area contributed by atoms with E-state index < -0.39 is 6.04 Å². The van der Waals surface area contributed by atoms with Crippen molar-refractivity contribution in [2.24, 2.45) is 11.8 Å². The van der Waals surface area contributed by atoms with Crippen molar-refractivity contribution in [1.82, 2.24) is 10.3 Å². The maximum Gasteiger partial charge on any atom is 0.250 e. The van der Waals surface area contributed by atoms with E-state index in [0.717, 1.165) is 24.1 Å². The summed E-state index contributed by atoms with van der Waals surface area (Å²) in [7, 11) is 0. The first-order chi connectivity index (χ1) is 9.99. The lowest BCUT2D eigenvalue weighted by Gasteiger charge is -2.40. The van der Waals surface area contributed by atoms with Gasteiger partial charge in [-0.3, -0.25) is 19.5 Å². The van der Waals surface area contributed by atoms with Gasteiger partial charge in [-0.25, -0.2) is 0 Å². The third-order valence-corrected chi connectivity index (χ3v) is 4.21. The lowest BCUT2D eigenvalue weighted by molar-refractivity contribution is -0.135. The highest BCUT2D eigenvalue weighted by atomic mass is 16.2. The second kappa shape index (κ2) is 5.13. The van der Waals surface area contributed by atoms with Gasteiger partial charge in [0, 0.05) is 6.20 Å². The van der Waals surface area contributed by atoms with Crippen LogP contribution >= 0.6 is 0 Å². The maximum atomic E-state index is 12.9. The second-order valence-electron chi connectivity index (χ2n) is 6.44. The molecule has 0 spiro atoms. The molecule has 1 N–H and O–H groups in total. The molecule has 5 heteroatoms. The van der Waals surface area contributed by atoms with Crippen LogP contribution in [0.1, 0.15) is 32.3 Å². The zero-order chi connectivity index (χ0) is 15.1. The van der Waals surface area contributed by atoms with Gasteiger partial charge < -0.3 is 5.32 Å². The largest absolute Gasteiger partial charge is 0.342 e. The van der Waals surface area contributed by atoms with Gasteiger partial charge in [0.15, 0.2) is 0 Å². The minimum absolute atomic E-state index is 0.00296. The number of nitrogens with one attached hydrogen (secondary N) is 1. The fourth-order valence-corrected chi connectivity index (χ4v) is 3.01. The van der Waals surface area contributed by atoms with Gasteiger partial charge in [-0.1, -0.05) is 13.8 Å². The number of hydrogen-bond acceptors (Lipinski definition) is 3. The summed E-state index contributed by atoms with van der Waals surface area (Å²) in [6.07, 6.45) is 5.45. The number of hydrogen-bond donors (Lipinski definition) is 1. The molecule has 1 aromatic rings. The van der Waals surface area contributed by atoms with Crippen LogP contribution in [0.5, 0.6) is 0 Å². The van der Waals surface area contributed by atoms with Gasteiger partial charge in [-0.05, 0) is 43.2 Å². The van der Waals surface area contributed by atoms with Crippen molar-refractivity contribution in [1.29, 1.82) is 0 Å². The van der Waals surface area contributed by atoms with Gasteiger partial charge in [0.2, 0.25) is 5.91 Å². The van der Waals surface area contributed by atoms with Crippen LogP contribution in [0.15, 0.2) is 18.5 Å². The Kier molecular flexibility index (Phi) is 3.43. The lowest BCUT2D eigenvalue weighted by Crippen LogP contribution is -2.65. The molecule has 1 saturated carbocycles. The van der Waals surface area contributed by atoms with Crippen molar-refractivity contribution in [2.75, 3.05) is 4.90 Å². The van der Waals surface area contributed by atoms with E-state index in [2.05, 4.69) is 10.3 Å². The first-order valence-corrected chi connectivity index (χ1v) is 7.54. The van der Waals surface area contributed by atoms with E-state index in [-0.39, 0.29) is 23.8 Å². The molecule has 3 rings (SSSR count). The van der Waals surface area contributed by atoms with Gasteiger partial charge in [-0.15, -0.1) is 0 Å². The summed E-state index contributed by atoms with van der Waals surface area (Å²) in [5, 5.41) is 2.92. The third kappa shape index (κ3) is 2.52. The highest BCUT2D eigenvalue weighted by molar-refractivity contribution is 6.08. The molecule has 2 amide bonds. The van der Waals surface area contributed by atoms with Crippen molar-refractivity contribution in [2.45, 2.75) is 45.7 Å². The zero-order valence-corrected chi connectivity index (χ0v) is 12.7. The number of aryl methyl sites for hydroxylation is 1. The number of nitrogens with zero attached hydrogens (tertiary/aromatic N) is 2. The minimum Gasteiger partial charge on any atom is -0.342 e. The Hall–Kier alpha value is -1.91. The fraction of sp³-hybridized carbons (Fsp3) is 0.562. The average molecular weight is 287 g/mol. The first kappa shape index (κ1) is 14.0. The van der Waals surface area contributed by atoms with Crippen LogP contribution in [0, 0.1) is 18.8 Å². The molecule has 1 aliphatic heterocycles. The van der Waals surface area contributed by atoms with E-state index in [1.165, 1.54) is 0 Å². The molecule has 5 nitrogen and oxygen atoms in total. The van der Waals surface area contributed by atoms with Gasteiger partial charge in [-0.2, -0.15) is 0 Å². The van der Waals surface area contributed by atoms with Crippen LogP contribution < -0.4 is 10.2 Å². The smallest absolute Gasteiger partial charge is 0.250 e. The van der Waals surface area contributed by atoms with Crippen molar-refractivity contribution in [3.05, 3.63) is 24.0 Å². The monoisotopic (exact) mass is 287 g/mol. The molecule has 2 unspecified atom stereocenters. The minimum atomic E-state index is -0.462. The first-order valence-electron chi connectivity index (χ1n) is 7.54. The summed E-state index contributed by atoms with van der Waals surface area (Å²) < 4.78 is 0. The Labute approximate surface area is 124 Å². The summed E-state index contributed by atoms with van der Waals surface area (Å²) in [5.41, 5.74) is 1.70. The molecular weight excluding hydrogens is 266 g/mol. The van der Waals surface area contributed by atoms with Gasteiger partial charge >= 0.3 is 0 Å². The summed E-state index contributed by atoms with van der Waals surface area (Å²) >= 11 is 0. The summed E-state index contributed by atoms with van der Waals surface area (Å²) in [6.45, 7) is 5.87. The Bertz CT molecular complexity index is 581.